The molecule has 0 aliphatic heterocycles. The van der Waals surface area contributed by atoms with Crippen LogP contribution in [0.4, 0.5) is 0 Å². The lowest BCUT2D eigenvalue weighted by atomic mass is 9.98. The van der Waals surface area contributed by atoms with E-state index in [4.69, 9.17) is 0 Å². The molecular weight excluding hydrogens is 132 g/mol. The van der Waals surface area contributed by atoms with E-state index in [-0.39, 0.29) is 0 Å². The monoisotopic (exact) mass is 144 g/mol. The van der Waals surface area contributed by atoms with Gasteiger partial charge in [-0.05, 0) is 30.4 Å². The molecule has 0 unspecified atom stereocenters. The van der Waals surface area contributed by atoms with E-state index in [1.54, 1.807) is 0 Å². The molecule has 2 rings (SSSR count). The number of allylic oxidation sites excluding steroid dienone is 8. The van der Waals surface area contributed by atoms with Crippen LogP contribution in [-0.2, 0) is 0 Å². The van der Waals surface area contributed by atoms with E-state index in [0.29, 0.717) is 0 Å². The molecule has 0 bridgehead atoms. The highest BCUT2D eigenvalue weighted by molar-refractivity contribution is 5.44. The summed E-state index contributed by atoms with van der Waals surface area (Å²) in [6.07, 6.45) is 16.9. The van der Waals surface area contributed by atoms with Gasteiger partial charge in [-0.2, -0.15) is 0 Å². The Kier molecular flexibility index (Phi) is 1.76. The van der Waals surface area contributed by atoms with Gasteiger partial charge in [0.1, 0.15) is 0 Å². The zero-order valence-corrected chi connectivity index (χ0v) is 6.59. The van der Waals surface area contributed by atoms with Crippen molar-refractivity contribution in [3.05, 3.63) is 47.6 Å². The minimum Gasteiger partial charge on any atom is -0.0836 e. The lowest BCUT2D eigenvalue weighted by Crippen LogP contribution is -1.88. The first kappa shape index (κ1) is 6.66. The zero-order valence-electron chi connectivity index (χ0n) is 6.59. The molecule has 0 saturated heterocycles. The van der Waals surface area contributed by atoms with Crippen molar-refractivity contribution in [3.63, 3.8) is 0 Å². The van der Waals surface area contributed by atoms with Crippen LogP contribution in [0.25, 0.3) is 0 Å². The van der Waals surface area contributed by atoms with Crippen molar-refractivity contribution in [2.24, 2.45) is 0 Å². The summed E-state index contributed by atoms with van der Waals surface area (Å²) in [7, 11) is 0. The Hall–Kier alpha value is -1.04. The molecule has 0 heteroatoms. The summed E-state index contributed by atoms with van der Waals surface area (Å²) >= 11 is 0. The van der Waals surface area contributed by atoms with Crippen molar-refractivity contribution >= 4 is 0 Å². The molecule has 11 heavy (non-hydrogen) atoms. The summed E-state index contributed by atoms with van der Waals surface area (Å²) in [5.41, 5.74) is 2.91. The fraction of sp³-hybridized carbons (Fsp3) is 0.273. The van der Waals surface area contributed by atoms with Crippen LogP contribution in [0.3, 0.4) is 0 Å². The molecule has 0 N–H and O–H groups in total. The summed E-state index contributed by atoms with van der Waals surface area (Å²) < 4.78 is 0. The zero-order chi connectivity index (χ0) is 7.52. The highest BCUT2D eigenvalue weighted by Gasteiger charge is 2.03. The van der Waals surface area contributed by atoms with E-state index in [9.17, 15) is 0 Å². The van der Waals surface area contributed by atoms with Crippen molar-refractivity contribution < 1.29 is 0 Å². The maximum absolute atomic E-state index is 2.26. The van der Waals surface area contributed by atoms with Crippen LogP contribution in [0.1, 0.15) is 19.3 Å². The van der Waals surface area contributed by atoms with Crippen LogP contribution < -0.4 is 0 Å². The summed E-state index contributed by atoms with van der Waals surface area (Å²) in [6.45, 7) is 0. The Morgan fingerprint density at radius 2 is 1.73 bits per heavy atom. The second-order valence-electron chi connectivity index (χ2n) is 2.96. The fourth-order valence-corrected chi connectivity index (χ4v) is 1.53. The average Bonchev–Trinajstić information content (AvgIpc) is 2.28. The van der Waals surface area contributed by atoms with Crippen molar-refractivity contribution in [2.45, 2.75) is 19.3 Å². The third kappa shape index (κ3) is 1.35. The number of rotatable bonds is 0. The van der Waals surface area contributed by atoms with Gasteiger partial charge in [0.2, 0.25) is 0 Å². The summed E-state index contributed by atoms with van der Waals surface area (Å²) in [5.74, 6) is 0. The summed E-state index contributed by atoms with van der Waals surface area (Å²) in [5, 5.41) is 0. The fourth-order valence-electron chi connectivity index (χ4n) is 1.53. The average molecular weight is 144 g/mol. The molecule has 0 radical (unpaired) electrons. The second kappa shape index (κ2) is 2.91. The summed E-state index contributed by atoms with van der Waals surface area (Å²) in [4.78, 5) is 0. The maximum Gasteiger partial charge on any atom is -0.0163 e. The lowest BCUT2D eigenvalue weighted by molar-refractivity contribution is 0.979. The first-order valence-electron chi connectivity index (χ1n) is 4.19. The molecule has 0 atom stereocenters. The van der Waals surface area contributed by atoms with E-state index in [1.807, 2.05) is 0 Å². The molecule has 56 valence electrons. The van der Waals surface area contributed by atoms with Gasteiger partial charge in [-0.3, -0.25) is 0 Å². The molecule has 0 amide bonds. The Morgan fingerprint density at radius 3 is 2.73 bits per heavy atom. The van der Waals surface area contributed by atoms with E-state index in [2.05, 4.69) is 36.5 Å². The van der Waals surface area contributed by atoms with Gasteiger partial charge in [-0.1, -0.05) is 36.5 Å². The highest BCUT2D eigenvalue weighted by Crippen LogP contribution is 2.22. The minimum atomic E-state index is 1.08. The van der Waals surface area contributed by atoms with E-state index >= 15 is 0 Å². The van der Waals surface area contributed by atoms with Gasteiger partial charge in [0, 0.05) is 0 Å². The molecule has 0 fully saturated rings. The van der Waals surface area contributed by atoms with Gasteiger partial charge in [0.05, 0.1) is 0 Å². The smallest absolute Gasteiger partial charge is 0.0163 e. The van der Waals surface area contributed by atoms with Crippen LogP contribution in [0.15, 0.2) is 47.6 Å². The molecule has 0 spiro atoms. The van der Waals surface area contributed by atoms with Crippen molar-refractivity contribution in [1.82, 2.24) is 0 Å². The first-order chi connectivity index (χ1) is 5.47. The molecule has 0 aromatic carbocycles. The molecule has 0 nitrogen and oxygen atoms in total. The molecule has 0 aromatic heterocycles. The van der Waals surface area contributed by atoms with Crippen LogP contribution in [-0.4, -0.2) is 0 Å². The Morgan fingerprint density at radius 1 is 0.909 bits per heavy atom. The molecule has 2 aliphatic carbocycles. The topological polar surface area (TPSA) is 0 Å². The number of hydrogen-bond acceptors (Lipinski definition) is 0. The normalized spacial score (nSPS) is 21.8. The van der Waals surface area contributed by atoms with Crippen LogP contribution in [0.2, 0.25) is 0 Å². The van der Waals surface area contributed by atoms with Crippen LogP contribution in [0.5, 0.6) is 0 Å². The van der Waals surface area contributed by atoms with Crippen molar-refractivity contribution in [1.29, 1.82) is 0 Å². The van der Waals surface area contributed by atoms with Gasteiger partial charge >= 0.3 is 0 Å². The van der Waals surface area contributed by atoms with Gasteiger partial charge in [0.15, 0.2) is 0 Å². The van der Waals surface area contributed by atoms with Gasteiger partial charge < -0.3 is 0 Å². The van der Waals surface area contributed by atoms with E-state index < -0.39 is 0 Å². The highest BCUT2D eigenvalue weighted by atomic mass is 14.1. The minimum absolute atomic E-state index is 1.08. The van der Waals surface area contributed by atoms with Gasteiger partial charge in [0.25, 0.3) is 0 Å². The quantitative estimate of drug-likeness (QED) is 0.490. The molecule has 2 aliphatic rings. The molecule has 0 heterocycles. The number of hydrogen-bond donors (Lipinski definition) is 0. The standard InChI is InChI=1S/C11H12/c1-2-6-10-8-4-5-9-11(10)7-3-1/h2-4,6-8H,1,5,9H2. The predicted molar refractivity (Wildman–Crippen MR) is 48.3 cm³/mol. The van der Waals surface area contributed by atoms with Gasteiger partial charge in [-0.25, -0.2) is 0 Å². The molecule has 0 aromatic rings. The van der Waals surface area contributed by atoms with Crippen molar-refractivity contribution in [2.75, 3.05) is 0 Å². The maximum atomic E-state index is 2.26. The molecule has 0 saturated carbocycles. The third-order valence-electron chi connectivity index (χ3n) is 2.14. The van der Waals surface area contributed by atoms with Crippen LogP contribution >= 0.6 is 0 Å². The largest absolute Gasteiger partial charge is 0.0836 e. The van der Waals surface area contributed by atoms with Gasteiger partial charge in [-0.15, -0.1) is 0 Å². The SMILES string of the molecule is C1=CC2=C(C=CC1)CCC=C2. The summed E-state index contributed by atoms with van der Waals surface area (Å²) in [6, 6.07) is 0. The Bertz CT molecular complexity index is 262. The third-order valence-corrected chi connectivity index (χ3v) is 2.14. The Labute approximate surface area is 67.6 Å². The predicted octanol–water partition coefficient (Wildman–Crippen LogP) is 3.15. The molecular formula is C11H12. The van der Waals surface area contributed by atoms with Crippen molar-refractivity contribution in [3.8, 4) is 0 Å². The van der Waals surface area contributed by atoms with Crippen LogP contribution in [0, 0.1) is 0 Å². The first-order valence-corrected chi connectivity index (χ1v) is 4.19. The lowest BCUT2D eigenvalue weighted by Gasteiger charge is -2.07. The second-order valence-corrected chi connectivity index (χ2v) is 2.96. The van der Waals surface area contributed by atoms with E-state index in [1.165, 1.54) is 24.0 Å². The van der Waals surface area contributed by atoms with E-state index in [0.717, 1.165) is 6.42 Å². The Balaban J connectivity index is 2.39.